The third-order valence-electron chi connectivity index (χ3n) is 2.44. The van der Waals surface area contributed by atoms with Crippen molar-refractivity contribution < 1.29 is 0 Å². The Kier molecular flexibility index (Phi) is 4.75. The van der Waals surface area contributed by atoms with E-state index >= 15 is 0 Å². The minimum absolute atomic E-state index is 0.168. The first-order chi connectivity index (χ1) is 8.10. The van der Waals surface area contributed by atoms with E-state index in [2.05, 4.69) is 5.32 Å². The summed E-state index contributed by atoms with van der Waals surface area (Å²) in [5, 5.41) is 3.26. The van der Waals surface area contributed by atoms with Crippen molar-refractivity contribution >= 4 is 57.5 Å². The van der Waals surface area contributed by atoms with Crippen LogP contribution in [0.4, 0.5) is 0 Å². The van der Waals surface area contributed by atoms with Gasteiger partial charge in [-0.25, -0.2) is 0 Å². The van der Waals surface area contributed by atoms with Gasteiger partial charge in [0.25, 0.3) is 0 Å². The minimum Gasteiger partial charge on any atom is -0.313 e. The molecule has 1 nitrogen and oxygen atoms in total. The van der Waals surface area contributed by atoms with E-state index in [1.165, 1.54) is 16.2 Å². The van der Waals surface area contributed by atoms with Crippen molar-refractivity contribution in [2.24, 2.45) is 0 Å². The van der Waals surface area contributed by atoms with Crippen LogP contribution in [0.5, 0.6) is 0 Å². The number of hydrogen-bond donors (Lipinski definition) is 1. The molecule has 0 spiro atoms. The standard InChI is InChI=1S/C11H10Cl3NS2/c1-15-8(4-6-2-3-9(12)16-6)7-5-10(13)17-11(7)14/h2-3,5,8,15H,4H2,1H3. The molecule has 17 heavy (non-hydrogen) atoms. The van der Waals surface area contributed by atoms with Crippen LogP contribution in [0.1, 0.15) is 16.5 Å². The van der Waals surface area contributed by atoms with Crippen molar-refractivity contribution in [3.05, 3.63) is 41.6 Å². The highest BCUT2D eigenvalue weighted by Gasteiger charge is 2.17. The van der Waals surface area contributed by atoms with Gasteiger partial charge in [-0.1, -0.05) is 34.8 Å². The molecular formula is C11H10Cl3NS2. The number of likely N-dealkylation sites (N-methyl/N-ethyl adjacent to an activating group) is 1. The van der Waals surface area contributed by atoms with Crippen LogP contribution in [0.25, 0.3) is 0 Å². The summed E-state index contributed by atoms with van der Waals surface area (Å²) in [7, 11) is 1.92. The van der Waals surface area contributed by atoms with Gasteiger partial charge in [-0.3, -0.25) is 0 Å². The Labute approximate surface area is 123 Å². The number of rotatable bonds is 4. The number of hydrogen-bond acceptors (Lipinski definition) is 3. The predicted octanol–water partition coefficient (Wildman–Crippen LogP) is 5.27. The Morgan fingerprint density at radius 2 is 1.94 bits per heavy atom. The molecule has 2 heterocycles. The van der Waals surface area contributed by atoms with Crippen LogP contribution in [0.3, 0.4) is 0 Å². The maximum atomic E-state index is 6.16. The van der Waals surface area contributed by atoms with Gasteiger partial charge in [0.05, 0.1) is 13.0 Å². The fraction of sp³-hybridized carbons (Fsp3) is 0.273. The van der Waals surface area contributed by atoms with Gasteiger partial charge >= 0.3 is 0 Å². The maximum absolute atomic E-state index is 6.16. The summed E-state index contributed by atoms with van der Waals surface area (Å²) in [6, 6.07) is 6.04. The molecule has 0 aliphatic carbocycles. The Morgan fingerprint density at radius 1 is 1.18 bits per heavy atom. The third kappa shape index (κ3) is 3.37. The van der Waals surface area contributed by atoms with Gasteiger partial charge in [-0.2, -0.15) is 0 Å². The Hall–Kier alpha value is 0.230. The largest absolute Gasteiger partial charge is 0.313 e. The number of thiophene rings is 2. The van der Waals surface area contributed by atoms with E-state index in [0.717, 1.165) is 25.0 Å². The lowest BCUT2D eigenvalue weighted by atomic mass is 10.1. The van der Waals surface area contributed by atoms with Gasteiger partial charge in [0.2, 0.25) is 0 Å². The molecule has 0 radical (unpaired) electrons. The molecule has 1 N–H and O–H groups in total. The van der Waals surface area contributed by atoms with E-state index in [1.54, 1.807) is 11.3 Å². The van der Waals surface area contributed by atoms with Gasteiger partial charge in [-0.15, -0.1) is 22.7 Å². The maximum Gasteiger partial charge on any atom is 0.0992 e. The Morgan fingerprint density at radius 3 is 2.41 bits per heavy atom. The summed E-state index contributed by atoms with van der Waals surface area (Å²) in [4.78, 5) is 1.23. The SMILES string of the molecule is CNC(Cc1ccc(Cl)s1)c1cc(Cl)sc1Cl. The van der Waals surface area contributed by atoms with Crippen LogP contribution in [-0.2, 0) is 6.42 Å². The van der Waals surface area contributed by atoms with Crippen molar-refractivity contribution in [2.75, 3.05) is 7.05 Å². The van der Waals surface area contributed by atoms with Gasteiger partial charge in [0, 0.05) is 22.9 Å². The van der Waals surface area contributed by atoms with Crippen LogP contribution < -0.4 is 5.32 Å². The smallest absolute Gasteiger partial charge is 0.0992 e. The Balaban J connectivity index is 2.19. The molecule has 2 aromatic rings. The summed E-state index contributed by atoms with van der Waals surface area (Å²) in [6.07, 6.45) is 0.862. The van der Waals surface area contributed by atoms with Crippen molar-refractivity contribution in [3.63, 3.8) is 0 Å². The fourth-order valence-electron chi connectivity index (χ4n) is 1.62. The van der Waals surface area contributed by atoms with Crippen molar-refractivity contribution in [3.8, 4) is 0 Å². The highest BCUT2D eigenvalue weighted by atomic mass is 35.5. The van der Waals surface area contributed by atoms with Crippen LogP contribution in [0.2, 0.25) is 13.0 Å². The predicted molar refractivity (Wildman–Crippen MR) is 79.2 cm³/mol. The van der Waals surface area contributed by atoms with Gasteiger partial charge in [0.15, 0.2) is 0 Å². The van der Waals surface area contributed by atoms with E-state index in [4.69, 9.17) is 34.8 Å². The van der Waals surface area contributed by atoms with E-state index in [1.807, 2.05) is 25.2 Å². The fourth-order valence-corrected chi connectivity index (χ4v) is 4.33. The zero-order valence-corrected chi connectivity index (χ0v) is 12.9. The lowest BCUT2D eigenvalue weighted by molar-refractivity contribution is 0.599. The highest BCUT2D eigenvalue weighted by Crippen LogP contribution is 2.36. The molecule has 0 aliphatic rings. The molecule has 6 heteroatoms. The van der Waals surface area contributed by atoms with E-state index < -0.39 is 0 Å². The van der Waals surface area contributed by atoms with Gasteiger partial charge < -0.3 is 5.32 Å². The molecule has 0 bridgehead atoms. The second-order valence-electron chi connectivity index (χ2n) is 3.53. The summed E-state index contributed by atoms with van der Waals surface area (Å²) in [5.74, 6) is 0. The zero-order chi connectivity index (χ0) is 12.4. The first-order valence-electron chi connectivity index (χ1n) is 4.96. The molecule has 0 aromatic carbocycles. The molecular weight excluding hydrogens is 317 g/mol. The van der Waals surface area contributed by atoms with E-state index in [9.17, 15) is 0 Å². The van der Waals surface area contributed by atoms with Crippen LogP contribution in [-0.4, -0.2) is 7.05 Å². The van der Waals surface area contributed by atoms with Crippen LogP contribution >= 0.6 is 57.5 Å². The topological polar surface area (TPSA) is 12.0 Å². The quantitative estimate of drug-likeness (QED) is 0.806. The molecule has 0 aliphatic heterocycles. The molecule has 0 amide bonds. The molecule has 2 rings (SSSR count). The molecule has 0 saturated heterocycles. The second kappa shape index (κ2) is 5.91. The average Bonchev–Trinajstić information content (AvgIpc) is 2.82. The average molecular weight is 327 g/mol. The van der Waals surface area contributed by atoms with Crippen molar-refractivity contribution in [1.29, 1.82) is 0 Å². The summed E-state index contributed by atoms with van der Waals surface area (Å²) in [6.45, 7) is 0. The van der Waals surface area contributed by atoms with Gasteiger partial charge in [0.1, 0.15) is 0 Å². The zero-order valence-electron chi connectivity index (χ0n) is 8.97. The first kappa shape index (κ1) is 13.7. The molecule has 0 saturated carbocycles. The molecule has 92 valence electrons. The summed E-state index contributed by atoms with van der Waals surface area (Å²) in [5.41, 5.74) is 1.05. The summed E-state index contributed by atoms with van der Waals surface area (Å²) < 4.78 is 2.27. The van der Waals surface area contributed by atoms with E-state index in [0.29, 0.717) is 0 Å². The second-order valence-corrected chi connectivity index (χ2v) is 7.62. The molecule has 1 atom stereocenters. The minimum atomic E-state index is 0.168. The van der Waals surface area contributed by atoms with Crippen LogP contribution in [0.15, 0.2) is 18.2 Å². The van der Waals surface area contributed by atoms with Crippen molar-refractivity contribution in [2.45, 2.75) is 12.5 Å². The lowest BCUT2D eigenvalue weighted by Crippen LogP contribution is -2.18. The van der Waals surface area contributed by atoms with E-state index in [-0.39, 0.29) is 6.04 Å². The molecule has 1 unspecified atom stereocenters. The first-order valence-corrected chi connectivity index (χ1v) is 7.73. The monoisotopic (exact) mass is 325 g/mol. The number of halogens is 3. The molecule has 0 fully saturated rings. The Bertz CT molecular complexity index is 507. The van der Waals surface area contributed by atoms with Gasteiger partial charge in [-0.05, 0) is 25.2 Å². The van der Waals surface area contributed by atoms with Crippen molar-refractivity contribution in [1.82, 2.24) is 5.32 Å². The third-order valence-corrected chi connectivity index (χ3v) is 5.21. The highest BCUT2D eigenvalue weighted by molar-refractivity contribution is 7.20. The number of nitrogens with one attached hydrogen (secondary N) is 1. The summed E-state index contributed by atoms with van der Waals surface area (Å²) >= 11 is 21.0. The van der Waals surface area contributed by atoms with Crippen LogP contribution in [0, 0.1) is 0 Å². The molecule has 2 aromatic heterocycles. The normalized spacial score (nSPS) is 12.9. The lowest BCUT2D eigenvalue weighted by Gasteiger charge is -2.14.